The molecule has 1 unspecified atom stereocenters. The highest BCUT2D eigenvalue weighted by Gasteiger charge is 2.46. The molecule has 0 aliphatic heterocycles. The Morgan fingerprint density at radius 1 is 0.717 bits per heavy atom. The van der Waals surface area contributed by atoms with Crippen LogP contribution in [-0.2, 0) is 4.79 Å². The fourth-order valence-corrected chi connectivity index (χ4v) is 6.90. The topological polar surface area (TPSA) is 110 Å². The fourth-order valence-electron chi connectivity index (χ4n) is 6.90. The summed E-state index contributed by atoms with van der Waals surface area (Å²) in [6.07, 6.45) is 0. The number of anilines is 2. The number of Topliss-reactive ketones (excluding diaryl/α,β-unsaturated/α-hetero) is 1. The van der Waals surface area contributed by atoms with Crippen molar-refractivity contribution < 1.29 is 15.0 Å². The van der Waals surface area contributed by atoms with E-state index in [1.165, 1.54) is 0 Å². The van der Waals surface area contributed by atoms with E-state index in [0.29, 0.717) is 16.3 Å². The first kappa shape index (κ1) is 28.7. The lowest BCUT2D eigenvalue weighted by molar-refractivity contribution is -0.115. The summed E-state index contributed by atoms with van der Waals surface area (Å²) in [5.74, 6) is 0.270. The van der Waals surface area contributed by atoms with Crippen molar-refractivity contribution in [3.63, 3.8) is 0 Å². The molecule has 7 nitrogen and oxygen atoms in total. The molecule has 0 radical (unpaired) electrons. The van der Waals surface area contributed by atoms with Gasteiger partial charge in [0.1, 0.15) is 17.6 Å². The molecular weight excluding hydrogens is 572 g/mol. The van der Waals surface area contributed by atoms with Crippen LogP contribution in [0, 0.1) is 11.3 Å². The Hall–Kier alpha value is -6.09. The van der Waals surface area contributed by atoms with Gasteiger partial charge in [0.05, 0.1) is 11.5 Å². The van der Waals surface area contributed by atoms with E-state index in [1.54, 1.807) is 12.1 Å². The molecule has 0 bridgehead atoms. The van der Waals surface area contributed by atoms with Gasteiger partial charge in [-0.15, -0.1) is 0 Å². The predicted molar refractivity (Wildman–Crippen MR) is 187 cm³/mol. The van der Waals surface area contributed by atoms with Crippen LogP contribution >= 0.6 is 0 Å². The lowest BCUT2D eigenvalue weighted by Crippen LogP contribution is -2.30. The van der Waals surface area contributed by atoms with Gasteiger partial charge in [0.2, 0.25) is 0 Å². The molecule has 6 aromatic carbocycles. The van der Waals surface area contributed by atoms with Crippen LogP contribution in [-0.4, -0.2) is 50.1 Å². The van der Waals surface area contributed by atoms with Gasteiger partial charge in [0, 0.05) is 84.7 Å². The molecule has 2 N–H and O–H groups in total. The van der Waals surface area contributed by atoms with Crippen LogP contribution in [0.3, 0.4) is 0 Å². The maximum absolute atomic E-state index is 14.5. The first-order valence-corrected chi connectivity index (χ1v) is 14.8. The van der Waals surface area contributed by atoms with Crippen LogP contribution in [0.2, 0.25) is 0 Å². The van der Waals surface area contributed by atoms with Crippen molar-refractivity contribution in [1.82, 2.24) is 0 Å². The molecule has 0 saturated carbocycles. The maximum Gasteiger partial charge on any atom is 0.176 e. The maximum atomic E-state index is 14.5. The van der Waals surface area contributed by atoms with Gasteiger partial charge >= 0.3 is 0 Å². The Balaban J connectivity index is 1.59. The van der Waals surface area contributed by atoms with Crippen LogP contribution in [0.4, 0.5) is 11.4 Å². The fraction of sp³-hybridized carbons (Fsp3) is 0.128. The zero-order valence-corrected chi connectivity index (χ0v) is 25.8. The van der Waals surface area contributed by atoms with Gasteiger partial charge in [0.15, 0.2) is 5.78 Å². The van der Waals surface area contributed by atoms with Gasteiger partial charge < -0.3 is 25.4 Å². The van der Waals surface area contributed by atoms with E-state index in [4.69, 9.17) is 0 Å². The number of benzene rings is 6. The first-order chi connectivity index (χ1) is 22.1. The SMILES string of the molecule is CN(C)c1cc(O)c(C2=C(C(=C=[N-])C#N)C(c3c(O)cc(N(C)C)c4cc5ccccc5cc34)C2=O)c2cc3ccccc3cc12. The highest BCUT2D eigenvalue weighted by Crippen LogP contribution is 2.55. The third kappa shape index (κ3) is 4.12. The van der Waals surface area contributed by atoms with E-state index in [2.05, 4.69) is 0 Å². The van der Waals surface area contributed by atoms with E-state index in [0.717, 1.165) is 43.7 Å². The summed E-state index contributed by atoms with van der Waals surface area (Å²) < 4.78 is 0. The average Bonchev–Trinajstić information content (AvgIpc) is 3.05. The van der Waals surface area contributed by atoms with Crippen molar-refractivity contribution in [3.8, 4) is 17.6 Å². The monoisotopic (exact) mass is 601 g/mol. The van der Waals surface area contributed by atoms with Crippen LogP contribution in [0.1, 0.15) is 17.0 Å². The highest BCUT2D eigenvalue weighted by atomic mass is 16.3. The summed E-state index contributed by atoms with van der Waals surface area (Å²) >= 11 is 0. The smallest absolute Gasteiger partial charge is 0.176 e. The quantitative estimate of drug-likeness (QED) is 0.119. The predicted octanol–water partition coefficient (Wildman–Crippen LogP) is 7.65. The number of carbonyl (C=O) groups excluding carboxylic acids is 1. The Bertz CT molecular complexity index is 2440. The van der Waals surface area contributed by atoms with Crippen LogP contribution < -0.4 is 9.80 Å². The number of allylic oxidation sites excluding steroid dienone is 3. The average molecular weight is 602 g/mol. The van der Waals surface area contributed by atoms with E-state index in [9.17, 15) is 25.7 Å². The molecule has 224 valence electrons. The number of hydrogen-bond donors (Lipinski definition) is 2. The van der Waals surface area contributed by atoms with Gasteiger partial charge in [0.25, 0.3) is 0 Å². The van der Waals surface area contributed by atoms with E-state index < -0.39 is 5.92 Å². The van der Waals surface area contributed by atoms with Gasteiger partial charge in [-0.05, 0) is 56.6 Å². The van der Waals surface area contributed by atoms with E-state index in [1.807, 2.05) is 123 Å². The molecular formula is C39H29N4O3-. The number of nitrogens with zero attached hydrogens (tertiary/aromatic N) is 4. The molecule has 0 spiro atoms. The first-order valence-electron chi connectivity index (χ1n) is 14.8. The highest BCUT2D eigenvalue weighted by molar-refractivity contribution is 6.38. The number of aromatic hydroxyl groups is 2. The van der Waals surface area contributed by atoms with E-state index >= 15 is 0 Å². The number of nitriles is 1. The van der Waals surface area contributed by atoms with Crippen LogP contribution in [0.15, 0.2) is 96.1 Å². The van der Waals surface area contributed by atoms with Gasteiger partial charge in [-0.2, -0.15) is 5.26 Å². The molecule has 1 aliphatic rings. The molecule has 7 heteroatoms. The molecule has 0 aromatic heterocycles. The Labute approximate surface area is 265 Å². The summed E-state index contributed by atoms with van der Waals surface area (Å²) in [5, 5.41) is 50.2. The third-order valence-electron chi connectivity index (χ3n) is 9.02. The van der Waals surface area contributed by atoms with Crippen molar-refractivity contribution in [2.45, 2.75) is 5.92 Å². The molecule has 7 rings (SSSR count). The van der Waals surface area contributed by atoms with Gasteiger partial charge in [-0.3, -0.25) is 10.7 Å². The molecule has 0 heterocycles. The second-order valence-corrected chi connectivity index (χ2v) is 12.1. The zero-order chi connectivity index (χ0) is 32.4. The molecule has 1 aliphatic carbocycles. The summed E-state index contributed by atoms with van der Waals surface area (Å²) in [5.41, 5.74) is 2.18. The normalized spacial score (nSPS) is 14.4. The second-order valence-electron chi connectivity index (χ2n) is 12.1. The van der Waals surface area contributed by atoms with Crippen molar-refractivity contribution in [1.29, 1.82) is 5.26 Å². The number of phenols is 2. The second kappa shape index (κ2) is 10.5. The van der Waals surface area contributed by atoms with Crippen molar-refractivity contribution in [2.75, 3.05) is 38.0 Å². The minimum absolute atomic E-state index is 0.108. The number of phenolic OH excluding ortho intramolecular Hbond substituents is 2. The molecule has 6 aromatic rings. The summed E-state index contributed by atoms with van der Waals surface area (Å²) in [7, 11) is 7.52. The van der Waals surface area contributed by atoms with Crippen molar-refractivity contribution in [2.24, 2.45) is 0 Å². The zero-order valence-electron chi connectivity index (χ0n) is 25.8. The van der Waals surface area contributed by atoms with Crippen molar-refractivity contribution >= 4 is 71.7 Å². The number of carbonyl (C=O) groups is 1. The Morgan fingerprint density at radius 2 is 1.17 bits per heavy atom. The van der Waals surface area contributed by atoms with Crippen LogP contribution in [0.5, 0.6) is 11.5 Å². The number of rotatable bonds is 5. The summed E-state index contributed by atoms with van der Waals surface area (Å²) in [4.78, 5) is 18.3. The van der Waals surface area contributed by atoms with Gasteiger partial charge in [-0.1, -0.05) is 48.5 Å². The Kier molecular flexibility index (Phi) is 6.56. The number of fused-ring (bicyclic) bond motifs is 4. The largest absolute Gasteiger partial charge is 0.762 e. The number of hydrogen-bond acceptors (Lipinski definition) is 6. The van der Waals surface area contributed by atoms with Crippen molar-refractivity contribution in [3.05, 3.63) is 113 Å². The van der Waals surface area contributed by atoms with Gasteiger partial charge in [-0.25, -0.2) is 0 Å². The van der Waals surface area contributed by atoms with E-state index in [-0.39, 0.29) is 39.6 Å². The third-order valence-corrected chi connectivity index (χ3v) is 9.02. The van der Waals surface area contributed by atoms with Crippen LogP contribution in [0.25, 0.3) is 54.1 Å². The lowest BCUT2D eigenvalue weighted by Gasteiger charge is -2.35. The molecule has 46 heavy (non-hydrogen) atoms. The summed E-state index contributed by atoms with van der Waals surface area (Å²) in [6, 6.07) is 28.8. The number of ketones is 1. The standard InChI is InChI=1S/C39H29N4O3/c1-42(2)30-17-32(44)35(28-15-23-11-7-5-9-21(23)13-26(28)30)37-34(25(19-40)20-41)38(39(37)46)36-29-16-24-12-8-6-10-22(24)14-27(29)31(43(3)4)18-33(36)45/h5-18,37,44-45H,1-4H3/q-1. The minimum Gasteiger partial charge on any atom is -0.762 e. The molecule has 0 saturated heterocycles. The molecule has 0 amide bonds. The summed E-state index contributed by atoms with van der Waals surface area (Å²) in [6.45, 7) is 0. The minimum atomic E-state index is -1.09. The Morgan fingerprint density at radius 3 is 1.65 bits per heavy atom. The molecule has 1 atom stereocenters. The lowest BCUT2D eigenvalue weighted by atomic mass is 9.65. The molecule has 0 fully saturated rings.